The zero-order valence-electron chi connectivity index (χ0n) is 13.3. The van der Waals surface area contributed by atoms with Crippen LogP contribution in [0.1, 0.15) is 42.8 Å². The molecule has 22 heavy (non-hydrogen) atoms. The van der Waals surface area contributed by atoms with Gasteiger partial charge in [-0.05, 0) is 19.8 Å². The minimum absolute atomic E-state index is 0.204. The van der Waals surface area contributed by atoms with E-state index in [4.69, 9.17) is 10.3 Å². The van der Waals surface area contributed by atoms with E-state index in [0.29, 0.717) is 12.2 Å². The van der Waals surface area contributed by atoms with E-state index in [0.717, 1.165) is 18.4 Å². The highest BCUT2D eigenvalue weighted by Gasteiger charge is 2.28. The van der Waals surface area contributed by atoms with Gasteiger partial charge < -0.3 is 15.6 Å². The Bertz CT molecular complexity index is 619. The van der Waals surface area contributed by atoms with Crippen molar-refractivity contribution in [3.63, 3.8) is 0 Å². The highest BCUT2D eigenvalue weighted by Crippen LogP contribution is 2.21. The van der Waals surface area contributed by atoms with Crippen LogP contribution in [0.25, 0.3) is 11.3 Å². The molecule has 0 saturated heterocycles. The van der Waals surface area contributed by atoms with Gasteiger partial charge in [0.2, 0.25) is 5.76 Å². The molecule has 0 atom stereocenters. The van der Waals surface area contributed by atoms with Crippen molar-refractivity contribution in [1.82, 2.24) is 10.5 Å². The molecular formula is C17H23N3O2. The molecule has 2 aromatic rings. The Labute approximate surface area is 130 Å². The van der Waals surface area contributed by atoms with Gasteiger partial charge in [0.05, 0.1) is 5.54 Å². The lowest BCUT2D eigenvalue weighted by molar-refractivity contribution is 0.0857. The third-order valence-corrected chi connectivity index (χ3v) is 4.20. The summed E-state index contributed by atoms with van der Waals surface area (Å²) in [6.07, 6.45) is 1.54. The predicted octanol–water partition coefficient (Wildman–Crippen LogP) is 2.90. The zero-order chi connectivity index (χ0) is 16.2. The van der Waals surface area contributed by atoms with Crippen molar-refractivity contribution >= 4 is 5.91 Å². The van der Waals surface area contributed by atoms with Crippen LogP contribution in [-0.2, 0) is 0 Å². The molecule has 0 aliphatic heterocycles. The molecule has 0 fully saturated rings. The minimum Gasteiger partial charge on any atom is -0.350 e. The van der Waals surface area contributed by atoms with Crippen molar-refractivity contribution in [3.8, 4) is 11.3 Å². The first kappa shape index (κ1) is 16.2. The number of aryl methyl sites for hydroxylation is 1. The fourth-order valence-electron chi connectivity index (χ4n) is 2.31. The Morgan fingerprint density at radius 2 is 1.91 bits per heavy atom. The standard InChI is InChI=1S/C17H23N3O2/c1-4-17(5-2,11-18)19-16(21)15-10-14(20-22-15)13-8-6-12(3)7-9-13/h6-10H,4-5,11,18H2,1-3H3,(H,19,21). The topological polar surface area (TPSA) is 81.1 Å². The van der Waals surface area contributed by atoms with E-state index in [1.54, 1.807) is 6.07 Å². The molecule has 0 spiro atoms. The summed E-state index contributed by atoms with van der Waals surface area (Å²) in [7, 11) is 0. The largest absolute Gasteiger partial charge is 0.350 e. The van der Waals surface area contributed by atoms with Crippen molar-refractivity contribution in [2.75, 3.05) is 6.54 Å². The summed E-state index contributed by atoms with van der Waals surface area (Å²) in [5.74, 6) is -0.0738. The zero-order valence-corrected chi connectivity index (χ0v) is 13.3. The fourth-order valence-corrected chi connectivity index (χ4v) is 2.31. The number of hydrogen-bond donors (Lipinski definition) is 2. The number of amides is 1. The average Bonchev–Trinajstić information content (AvgIpc) is 3.03. The van der Waals surface area contributed by atoms with Gasteiger partial charge in [-0.3, -0.25) is 4.79 Å². The van der Waals surface area contributed by atoms with E-state index in [2.05, 4.69) is 10.5 Å². The Kier molecular flexibility index (Phi) is 4.98. The van der Waals surface area contributed by atoms with E-state index in [-0.39, 0.29) is 11.7 Å². The van der Waals surface area contributed by atoms with Crippen molar-refractivity contribution in [2.45, 2.75) is 39.2 Å². The third-order valence-electron chi connectivity index (χ3n) is 4.20. The SMILES string of the molecule is CCC(CC)(CN)NC(=O)c1cc(-c2ccc(C)cc2)no1. The van der Waals surface area contributed by atoms with Crippen molar-refractivity contribution in [2.24, 2.45) is 5.73 Å². The van der Waals surface area contributed by atoms with E-state index < -0.39 is 5.54 Å². The predicted molar refractivity (Wildman–Crippen MR) is 86.5 cm³/mol. The molecule has 1 amide bonds. The quantitative estimate of drug-likeness (QED) is 0.859. The summed E-state index contributed by atoms with van der Waals surface area (Å²) >= 11 is 0. The van der Waals surface area contributed by atoms with Gasteiger partial charge in [-0.1, -0.05) is 48.8 Å². The normalized spacial score (nSPS) is 11.5. The number of carbonyl (C=O) groups excluding carboxylic acids is 1. The number of carbonyl (C=O) groups is 1. The van der Waals surface area contributed by atoms with Gasteiger partial charge in [-0.25, -0.2) is 0 Å². The van der Waals surface area contributed by atoms with Gasteiger partial charge >= 0.3 is 0 Å². The summed E-state index contributed by atoms with van der Waals surface area (Å²) in [6.45, 7) is 6.43. The molecule has 0 aliphatic carbocycles. The Morgan fingerprint density at radius 1 is 1.27 bits per heavy atom. The van der Waals surface area contributed by atoms with Gasteiger partial charge in [0.15, 0.2) is 0 Å². The van der Waals surface area contributed by atoms with Crippen LogP contribution < -0.4 is 11.1 Å². The van der Waals surface area contributed by atoms with Crippen LogP contribution in [0.5, 0.6) is 0 Å². The minimum atomic E-state index is -0.395. The molecule has 3 N–H and O–H groups in total. The van der Waals surface area contributed by atoms with Crippen molar-refractivity contribution < 1.29 is 9.32 Å². The van der Waals surface area contributed by atoms with E-state index in [1.807, 2.05) is 45.0 Å². The second kappa shape index (κ2) is 6.75. The second-order valence-electron chi connectivity index (χ2n) is 5.59. The van der Waals surface area contributed by atoms with Crippen LogP contribution >= 0.6 is 0 Å². The van der Waals surface area contributed by atoms with Crippen LogP contribution in [0.2, 0.25) is 0 Å². The number of rotatable bonds is 6. The molecule has 1 heterocycles. The monoisotopic (exact) mass is 301 g/mol. The first-order valence-corrected chi connectivity index (χ1v) is 7.60. The summed E-state index contributed by atoms with van der Waals surface area (Å²) < 4.78 is 5.19. The van der Waals surface area contributed by atoms with Gasteiger partial charge in [0.25, 0.3) is 5.91 Å². The summed E-state index contributed by atoms with van der Waals surface area (Å²) in [4.78, 5) is 12.3. The Morgan fingerprint density at radius 3 is 2.45 bits per heavy atom. The van der Waals surface area contributed by atoms with Crippen LogP contribution in [-0.4, -0.2) is 23.1 Å². The Balaban J connectivity index is 2.17. The van der Waals surface area contributed by atoms with Crippen LogP contribution in [0.3, 0.4) is 0 Å². The molecule has 5 heteroatoms. The van der Waals surface area contributed by atoms with E-state index in [9.17, 15) is 4.79 Å². The van der Waals surface area contributed by atoms with Crippen LogP contribution in [0.4, 0.5) is 0 Å². The number of benzene rings is 1. The summed E-state index contributed by atoms with van der Waals surface area (Å²) in [6, 6.07) is 9.57. The molecule has 0 aliphatic rings. The molecule has 0 unspecified atom stereocenters. The smallest absolute Gasteiger partial charge is 0.290 e. The number of nitrogens with one attached hydrogen (secondary N) is 1. The highest BCUT2D eigenvalue weighted by molar-refractivity contribution is 5.92. The molecule has 1 aromatic carbocycles. The van der Waals surface area contributed by atoms with E-state index in [1.165, 1.54) is 5.56 Å². The molecule has 5 nitrogen and oxygen atoms in total. The number of nitrogens with two attached hydrogens (primary N) is 1. The number of nitrogens with zero attached hydrogens (tertiary/aromatic N) is 1. The summed E-state index contributed by atoms with van der Waals surface area (Å²) in [5, 5.41) is 6.95. The number of hydrogen-bond acceptors (Lipinski definition) is 4. The second-order valence-corrected chi connectivity index (χ2v) is 5.59. The lowest BCUT2D eigenvalue weighted by Gasteiger charge is -2.30. The van der Waals surface area contributed by atoms with Crippen LogP contribution in [0, 0.1) is 6.92 Å². The maximum atomic E-state index is 12.3. The third kappa shape index (κ3) is 3.36. The number of aromatic nitrogens is 1. The molecule has 118 valence electrons. The first-order chi connectivity index (χ1) is 10.5. The lowest BCUT2D eigenvalue weighted by atomic mass is 9.93. The fraction of sp³-hybridized carbons (Fsp3) is 0.412. The van der Waals surface area contributed by atoms with Gasteiger partial charge in [0.1, 0.15) is 5.69 Å². The van der Waals surface area contributed by atoms with Crippen molar-refractivity contribution in [1.29, 1.82) is 0 Å². The van der Waals surface area contributed by atoms with Crippen LogP contribution in [0.15, 0.2) is 34.9 Å². The van der Waals surface area contributed by atoms with Gasteiger partial charge in [-0.15, -0.1) is 0 Å². The van der Waals surface area contributed by atoms with E-state index >= 15 is 0 Å². The Hall–Kier alpha value is -2.14. The van der Waals surface area contributed by atoms with Gasteiger partial charge in [0, 0.05) is 18.2 Å². The van der Waals surface area contributed by atoms with Crippen molar-refractivity contribution in [3.05, 3.63) is 41.7 Å². The molecule has 2 rings (SSSR count). The molecule has 0 bridgehead atoms. The lowest BCUT2D eigenvalue weighted by Crippen LogP contribution is -2.52. The first-order valence-electron chi connectivity index (χ1n) is 7.60. The summed E-state index contributed by atoms with van der Waals surface area (Å²) in [5.41, 5.74) is 8.15. The maximum Gasteiger partial charge on any atom is 0.290 e. The molecule has 0 radical (unpaired) electrons. The molecule has 0 saturated carbocycles. The molecule has 1 aromatic heterocycles. The average molecular weight is 301 g/mol. The molecular weight excluding hydrogens is 278 g/mol. The maximum absolute atomic E-state index is 12.3. The highest BCUT2D eigenvalue weighted by atomic mass is 16.5. The van der Waals surface area contributed by atoms with Gasteiger partial charge in [-0.2, -0.15) is 0 Å².